The number of thiazole rings is 1. The van der Waals surface area contributed by atoms with Crippen LogP contribution in [0, 0.1) is 0 Å². The number of hydrazine groups is 1. The number of urea groups is 2. The lowest BCUT2D eigenvalue weighted by Gasteiger charge is -2.45. The van der Waals surface area contributed by atoms with E-state index in [4.69, 9.17) is 22.6 Å². The first kappa shape index (κ1) is 25.6. The number of amides is 5. The summed E-state index contributed by atoms with van der Waals surface area (Å²) in [5.74, 6) is 5.59. The molecule has 4 rings (SSSR count). The lowest BCUT2D eigenvalue weighted by Crippen LogP contribution is -2.71. The molecule has 11 nitrogen and oxygen atoms in total. The lowest BCUT2D eigenvalue weighted by molar-refractivity contribution is -0.122. The molecule has 0 bridgehead atoms. The Morgan fingerprint density at radius 3 is 2.64 bits per heavy atom. The van der Waals surface area contributed by atoms with Gasteiger partial charge in [-0.15, -0.1) is 11.3 Å². The third-order valence-electron chi connectivity index (χ3n) is 5.52. The van der Waals surface area contributed by atoms with Gasteiger partial charge in [-0.25, -0.2) is 30.3 Å². The molecule has 0 aliphatic carbocycles. The van der Waals surface area contributed by atoms with E-state index in [-0.39, 0.29) is 19.7 Å². The van der Waals surface area contributed by atoms with Crippen LogP contribution in [-0.2, 0) is 17.8 Å². The van der Waals surface area contributed by atoms with Gasteiger partial charge in [0.1, 0.15) is 6.54 Å². The first-order valence-electron chi connectivity index (χ1n) is 11.2. The van der Waals surface area contributed by atoms with Gasteiger partial charge >= 0.3 is 12.1 Å². The van der Waals surface area contributed by atoms with Crippen molar-refractivity contribution in [1.29, 1.82) is 0 Å². The number of nitrogens with one attached hydrogen (secondary N) is 2. The lowest BCUT2D eigenvalue weighted by atomic mass is 10.2. The molecule has 1 unspecified atom stereocenters. The Morgan fingerprint density at radius 2 is 1.94 bits per heavy atom. The van der Waals surface area contributed by atoms with Crippen molar-refractivity contribution in [3.63, 3.8) is 0 Å². The van der Waals surface area contributed by atoms with Gasteiger partial charge in [-0.1, -0.05) is 30.7 Å². The normalized spacial score (nSPS) is 16.1. The Morgan fingerprint density at radius 1 is 1.19 bits per heavy atom. The van der Waals surface area contributed by atoms with Crippen LogP contribution in [0.1, 0.15) is 17.5 Å². The first-order chi connectivity index (χ1) is 17.3. The molecule has 5 N–H and O–H groups in total. The number of nitrogens with zero attached hydrogens (tertiary/aromatic N) is 4. The average molecular weight is 532 g/mol. The van der Waals surface area contributed by atoms with Crippen LogP contribution in [0.3, 0.4) is 0 Å². The summed E-state index contributed by atoms with van der Waals surface area (Å²) >= 11 is 7.57. The molecular weight excluding hydrogens is 506 g/mol. The summed E-state index contributed by atoms with van der Waals surface area (Å²) in [6, 6.07) is 10.9. The molecule has 2 aromatic carbocycles. The standard InChI is InChI=1S/C23H26ClN7O4S/c1-2-20-28-17-8-7-16(11-18(17)36-20)27-21-29(12-14-3-5-15(24)6-4-14)22(34)30(23(35)31(21)25)13-19(33)26-9-10-32/h3-8,11,21,27,32H,2,9-10,12-13,25H2,1H3,(H,26,33). The van der Waals surface area contributed by atoms with E-state index in [0.717, 1.165) is 37.1 Å². The smallest absolute Gasteiger partial charge is 0.346 e. The van der Waals surface area contributed by atoms with Crippen LogP contribution in [0.15, 0.2) is 42.5 Å². The second-order valence-corrected chi connectivity index (χ2v) is 9.60. The van der Waals surface area contributed by atoms with Gasteiger partial charge in [0.25, 0.3) is 0 Å². The van der Waals surface area contributed by atoms with Crippen LogP contribution in [0.5, 0.6) is 0 Å². The van der Waals surface area contributed by atoms with Gasteiger partial charge in [0.05, 0.1) is 28.4 Å². The summed E-state index contributed by atoms with van der Waals surface area (Å²) in [7, 11) is 0. The van der Waals surface area contributed by atoms with Crippen molar-refractivity contribution in [3.05, 3.63) is 58.1 Å². The predicted octanol–water partition coefficient (Wildman–Crippen LogP) is 2.55. The van der Waals surface area contributed by atoms with E-state index in [2.05, 4.69) is 15.6 Å². The number of hydrogen-bond acceptors (Lipinski definition) is 8. The minimum atomic E-state index is -1.03. The summed E-state index contributed by atoms with van der Waals surface area (Å²) < 4.78 is 0.959. The molecule has 0 radical (unpaired) electrons. The number of aromatic nitrogens is 1. The average Bonchev–Trinajstić information content (AvgIpc) is 3.30. The van der Waals surface area contributed by atoms with Gasteiger partial charge in [-0.05, 0) is 42.3 Å². The number of rotatable bonds is 9. The summed E-state index contributed by atoms with van der Waals surface area (Å²) in [6.45, 7) is 1.32. The summed E-state index contributed by atoms with van der Waals surface area (Å²) in [5.41, 5.74) is 2.25. The first-order valence-corrected chi connectivity index (χ1v) is 12.4. The molecule has 0 spiro atoms. The fraction of sp³-hybridized carbons (Fsp3) is 0.304. The molecule has 3 aromatic rings. The van der Waals surface area contributed by atoms with Crippen molar-refractivity contribution in [2.45, 2.75) is 26.2 Å². The second-order valence-electron chi connectivity index (χ2n) is 8.05. The molecule has 1 atom stereocenters. The number of carbonyl (C=O) groups excluding carboxylic acids is 3. The number of fused-ring (bicyclic) bond motifs is 1. The summed E-state index contributed by atoms with van der Waals surface area (Å²) in [6.07, 6.45) is -0.214. The van der Waals surface area contributed by atoms with Crippen molar-refractivity contribution in [2.75, 3.05) is 25.0 Å². The Labute approximate surface area is 216 Å². The molecule has 0 saturated carbocycles. The number of carbonyl (C=O) groups is 3. The third kappa shape index (κ3) is 5.51. The van der Waals surface area contributed by atoms with Crippen molar-refractivity contribution < 1.29 is 19.5 Å². The van der Waals surface area contributed by atoms with E-state index in [1.165, 1.54) is 4.90 Å². The van der Waals surface area contributed by atoms with Gasteiger partial charge in [0, 0.05) is 17.3 Å². The molecule has 5 amide bonds. The quantitative estimate of drug-likeness (QED) is 0.245. The number of halogens is 1. The topological polar surface area (TPSA) is 144 Å². The fourth-order valence-corrected chi connectivity index (χ4v) is 4.79. The molecular formula is C23H26ClN7O4S. The molecule has 36 heavy (non-hydrogen) atoms. The van der Waals surface area contributed by atoms with Gasteiger partial charge in [0.15, 0.2) is 0 Å². The predicted molar refractivity (Wildman–Crippen MR) is 137 cm³/mol. The summed E-state index contributed by atoms with van der Waals surface area (Å²) in [5, 5.41) is 17.0. The van der Waals surface area contributed by atoms with Crippen molar-refractivity contribution in [1.82, 2.24) is 25.1 Å². The molecule has 1 aromatic heterocycles. The highest BCUT2D eigenvalue weighted by Crippen LogP contribution is 2.28. The number of anilines is 1. The molecule has 1 aliphatic rings. The fourth-order valence-electron chi connectivity index (χ4n) is 3.72. The van der Waals surface area contributed by atoms with Gasteiger partial charge in [-0.3, -0.25) is 9.69 Å². The van der Waals surface area contributed by atoms with Crippen molar-refractivity contribution in [2.24, 2.45) is 5.84 Å². The largest absolute Gasteiger partial charge is 0.395 e. The number of aryl methyl sites for hydroxylation is 1. The molecule has 1 fully saturated rings. The Balaban J connectivity index is 1.63. The number of imide groups is 1. The maximum absolute atomic E-state index is 13.5. The minimum absolute atomic E-state index is 0.000135. The van der Waals surface area contributed by atoms with Gasteiger partial charge < -0.3 is 15.7 Å². The zero-order chi connectivity index (χ0) is 25.8. The number of aliphatic hydroxyl groups excluding tert-OH is 1. The van der Waals surface area contributed by atoms with Gasteiger partial charge in [-0.2, -0.15) is 0 Å². The van der Waals surface area contributed by atoms with Crippen LogP contribution in [0.4, 0.5) is 15.3 Å². The second kappa shape index (κ2) is 11.1. The van der Waals surface area contributed by atoms with E-state index >= 15 is 0 Å². The maximum atomic E-state index is 13.5. The summed E-state index contributed by atoms with van der Waals surface area (Å²) in [4.78, 5) is 45.4. The number of benzene rings is 2. The van der Waals surface area contributed by atoms with Crippen molar-refractivity contribution >= 4 is 56.8 Å². The SMILES string of the molecule is CCc1nc2ccc(NC3N(N)C(=O)N(CC(=O)NCCO)C(=O)N3Cc3ccc(Cl)cc3)cc2s1. The number of nitrogens with two attached hydrogens (primary N) is 1. The zero-order valence-corrected chi connectivity index (χ0v) is 21.1. The monoisotopic (exact) mass is 531 g/mol. The number of aliphatic hydroxyl groups is 1. The van der Waals surface area contributed by atoms with E-state index in [9.17, 15) is 14.4 Å². The Bertz CT molecular complexity index is 1270. The van der Waals surface area contributed by atoms with E-state index in [1.807, 2.05) is 19.1 Å². The molecule has 2 heterocycles. The van der Waals surface area contributed by atoms with Crippen LogP contribution >= 0.6 is 22.9 Å². The van der Waals surface area contributed by atoms with Crippen molar-refractivity contribution in [3.8, 4) is 0 Å². The Hall–Kier alpha value is -3.45. The Kier molecular flexibility index (Phi) is 7.89. The van der Waals surface area contributed by atoms with Crippen LogP contribution in [-0.4, -0.2) is 68.9 Å². The van der Waals surface area contributed by atoms with Crippen LogP contribution < -0.4 is 16.5 Å². The van der Waals surface area contributed by atoms with E-state index < -0.39 is 30.8 Å². The molecule has 13 heteroatoms. The highest BCUT2D eigenvalue weighted by molar-refractivity contribution is 7.18. The zero-order valence-electron chi connectivity index (χ0n) is 19.5. The molecule has 1 saturated heterocycles. The maximum Gasteiger partial charge on any atom is 0.346 e. The van der Waals surface area contributed by atoms with Crippen LogP contribution in [0.2, 0.25) is 5.02 Å². The third-order valence-corrected chi connectivity index (χ3v) is 6.93. The number of hydrogen-bond donors (Lipinski definition) is 4. The van der Waals surface area contributed by atoms with Gasteiger partial charge in [0.2, 0.25) is 12.2 Å². The molecule has 1 aliphatic heterocycles. The molecule has 190 valence electrons. The highest BCUT2D eigenvalue weighted by Gasteiger charge is 2.44. The minimum Gasteiger partial charge on any atom is -0.395 e. The van der Waals surface area contributed by atoms with Crippen LogP contribution in [0.25, 0.3) is 10.2 Å². The van der Waals surface area contributed by atoms with E-state index in [1.54, 1.807) is 41.7 Å². The van der Waals surface area contributed by atoms with E-state index in [0.29, 0.717) is 10.7 Å². The highest BCUT2D eigenvalue weighted by atomic mass is 35.5.